The Morgan fingerprint density at radius 2 is 2.05 bits per heavy atom. The number of hydrogen-bond donors (Lipinski definition) is 4. The van der Waals surface area contributed by atoms with Crippen molar-refractivity contribution in [3.63, 3.8) is 0 Å². The van der Waals surface area contributed by atoms with Gasteiger partial charge in [0.2, 0.25) is 6.20 Å². The average Bonchev–Trinajstić information content (AvgIpc) is 3.51. The third kappa shape index (κ3) is 7.13. The predicted molar refractivity (Wildman–Crippen MR) is 155 cm³/mol. The van der Waals surface area contributed by atoms with Gasteiger partial charge in [-0.2, -0.15) is 18.2 Å². The summed E-state index contributed by atoms with van der Waals surface area (Å²) >= 11 is 0.989. The summed E-state index contributed by atoms with van der Waals surface area (Å²) in [5.74, 6) is -3.77. The minimum atomic E-state index is -4.98. The number of ether oxygens (including phenoxy) is 1. The Morgan fingerprint density at radius 3 is 2.64 bits per heavy atom. The molecule has 1 unspecified atom stereocenters. The van der Waals surface area contributed by atoms with Crippen LogP contribution >= 0.6 is 11.3 Å². The summed E-state index contributed by atoms with van der Waals surface area (Å²) in [4.78, 5) is 47.1. The molecule has 2 atom stereocenters. The van der Waals surface area contributed by atoms with E-state index in [1.165, 1.54) is 19.2 Å². The van der Waals surface area contributed by atoms with Gasteiger partial charge in [-0.05, 0) is 45.0 Å². The number of rotatable bonds is 15. The van der Waals surface area contributed by atoms with Crippen molar-refractivity contribution in [3.8, 4) is 5.75 Å². The van der Waals surface area contributed by atoms with Gasteiger partial charge in [0.1, 0.15) is 23.6 Å². The molecule has 0 radical (unpaired) electrons. The standard InChI is InChI=1S/C25H31N7O10S2/c1-25(2)16(22(34)32(25)42-44(37,38)39)10-19(33)21(17-13-43-24(27)28-17)29-41-20(23(35)36)12-40-15-5-6-18-14(9-15)11-30(3)31(18)8-4-7-26/h5-6,9,11,13,16,20H,4,7-8,10,12,26H2,1-3H3,(H3-,27,28,35,36,37,38,39)/p+1/b29-21-/t16-,20?/m1/s1. The highest BCUT2D eigenvalue weighted by molar-refractivity contribution is 7.80. The number of β-lactam (4-membered cyclic amide) rings is 1. The number of ketones is 1. The third-order valence-electron chi connectivity index (χ3n) is 6.97. The van der Waals surface area contributed by atoms with Crippen LogP contribution < -0.4 is 20.9 Å². The van der Waals surface area contributed by atoms with Crippen molar-refractivity contribution >= 4 is 61.1 Å². The highest BCUT2D eigenvalue weighted by Crippen LogP contribution is 2.40. The van der Waals surface area contributed by atoms with Gasteiger partial charge in [-0.3, -0.25) is 14.1 Å². The molecule has 1 fully saturated rings. The zero-order valence-corrected chi connectivity index (χ0v) is 25.6. The molecule has 17 nitrogen and oxygen atoms in total. The summed E-state index contributed by atoms with van der Waals surface area (Å²) < 4.78 is 45.1. The summed E-state index contributed by atoms with van der Waals surface area (Å²) in [7, 11) is -3.09. The van der Waals surface area contributed by atoms with Crippen molar-refractivity contribution in [2.45, 2.75) is 44.9 Å². The van der Waals surface area contributed by atoms with Crippen LogP contribution in [0.25, 0.3) is 10.9 Å². The Kier molecular flexibility index (Phi) is 9.54. The fourth-order valence-corrected chi connectivity index (χ4v) is 5.64. The van der Waals surface area contributed by atoms with Crippen LogP contribution in [-0.2, 0) is 47.5 Å². The number of carbonyl (C=O) groups is 3. The Morgan fingerprint density at radius 1 is 1.32 bits per heavy atom. The lowest BCUT2D eigenvalue weighted by atomic mass is 9.74. The van der Waals surface area contributed by atoms with Crippen LogP contribution in [0.5, 0.6) is 5.75 Å². The monoisotopic (exact) mass is 654 g/mol. The number of Topliss-reactive ketones (excluding diaryl/α,β-unsaturated/α-hetero) is 1. The smallest absolute Gasteiger partial charge is 0.418 e. The van der Waals surface area contributed by atoms with E-state index in [4.69, 9.17) is 25.6 Å². The molecule has 3 aromatic rings. The number of aromatic nitrogens is 3. The van der Waals surface area contributed by atoms with Crippen LogP contribution in [0, 0.1) is 5.92 Å². The number of carboxylic acids is 1. The predicted octanol–water partition coefficient (Wildman–Crippen LogP) is 0.0368. The van der Waals surface area contributed by atoms with Crippen LogP contribution in [-0.4, -0.2) is 81.0 Å². The molecule has 19 heteroatoms. The third-order valence-corrected chi connectivity index (χ3v) is 7.98. The lowest BCUT2D eigenvalue weighted by molar-refractivity contribution is -0.751. The highest BCUT2D eigenvalue weighted by atomic mass is 32.3. The summed E-state index contributed by atoms with van der Waals surface area (Å²) in [5.41, 5.74) is 10.5. The second-order valence-electron chi connectivity index (χ2n) is 10.4. The van der Waals surface area contributed by atoms with E-state index in [0.717, 1.165) is 35.2 Å². The molecule has 1 aliphatic rings. The number of benzene rings is 1. The molecular formula is C25H32N7O10S2+. The number of aliphatic carboxylic acids is 1. The van der Waals surface area contributed by atoms with Crippen molar-refractivity contribution in [3.05, 3.63) is 35.5 Å². The molecule has 1 aromatic carbocycles. The molecular weight excluding hydrogens is 622 g/mol. The number of carboxylic acid groups (broad SMARTS) is 1. The second-order valence-corrected chi connectivity index (χ2v) is 12.3. The normalized spacial score (nSPS) is 17.4. The number of anilines is 1. The molecule has 0 spiro atoms. The molecule has 6 N–H and O–H groups in total. The van der Waals surface area contributed by atoms with Gasteiger partial charge in [0.15, 0.2) is 23.7 Å². The molecule has 238 valence electrons. The topological polar surface area (TPSA) is 243 Å². The summed E-state index contributed by atoms with van der Waals surface area (Å²) in [5, 5.41) is 16.3. The maximum Gasteiger partial charge on any atom is 0.418 e. The number of nitrogens with two attached hydrogens (primary N) is 2. The number of hydroxylamine groups is 2. The Hall–Kier alpha value is -4.17. The summed E-state index contributed by atoms with van der Waals surface area (Å²) in [6, 6.07) is 5.27. The van der Waals surface area contributed by atoms with Crippen LogP contribution in [0.15, 0.2) is 34.9 Å². The fraction of sp³-hybridized carbons (Fsp3) is 0.440. The van der Waals surface area contributed by atoms with Gasteiger partial charge in [-0.15, -0.1) is 20.3 Å². The number of aryl methyl sites for hydroxylation is 2. The first-order chi connectivity index (χ1) is 20.6. The molecule has 1 aliphatic heterocycles. The van der Waals surface area contributed by atoms with Crippen LogP contribution in [0.4, 0.5) is 5.13 Å². The minimum absolute atomic E-state index is 0.0179. The van der Waals surface area contributed by atoms with Crippen molar-refractivity contribution in [2.75, 3.05) is 18.9 Å². The maximum absolute atomic E-state index is 13.3. The first-order valence-electron chi connectivity index (χ1n) is 13.2. The summed E-state index contributed by atoms with van der Waals surface area (Å²) in [6.45, 7) is 3.65. The number of fused-ring (bicyclic) bond motifs is 1. The van der Waals surface area contributed by atoms with Crippen molar-refractivity contribution in [1.29, 1.82) is 0 Å². The van der Waals surface area contributed by atoms with E-state index < -0.39 is 64.4 Å². The number of nitrogens with zero attached hydrogens (tertiary/aromatic N) is 5. The first-order valence-corrected chi connectivity index (χ1v) is 15.4. The number of amides is 1. The maximum atomic E-state index is 13.3. The van der Waals surface area contributed by atoms with E-state index in [1.54, 1.807) is 12.1 Å². The number of thiazole rings is 1. The van der Waals surface area contributed by atoms with Crippen molar-refractivity contribution < 1.29 is 51.0 Å². The van der Waals surface area contributed by atoms with E-state index in [0.29, 0.717) is 17.4 Å². The molecule has 1 amide bonds. The van der Waals surface area contributed by atoms with E-state index in [-0.39, 0.29) is 10.8 Å². The van der Waals surface area contributed by atoms with Crippen LogP contribution in [0.2, 0.25) is 0 Å². The lowest BCUT2D eigenvalue weighted by Crippen LogP contribution is -2.68. The van der Waals surface area contributed by atoms with E-state index >= 15 is 0 Å². The zero-order chi connectivity index (χ0) is 32.4. The molecule has 44 heavy (non-hydrogen) atoms. The molecule has 1 saturated heterocycles. The second kappa shape index (κ2) is 12.8. The Bertz CT molecular complexity index is 1720. The van der Waals surface area contributed by atoms with Gasteiger partial charge in [-0.25, -0.2) is 9.78 Å². The van der Waals surface area contributed by atoms with Gasteiger partial charge in [0.05, 0.1) is 23.4 Å². The molecule has 0 saturated carbocycles. The highest BCUT2D eigenvalue weighted by Gasteiger charge is 2.57. The number of nitrogen functional groups attached to an aromatic ring is 1. The largest absolute Gasteiger partial charge is 0.489 e. The SMILES string of the molecule is C[n+]1cc2cc(OCC(O/N=C(\C(=O)C[C@@H]3C(=O)N(OS(=O)(=O)O)C3(C)C)c3csc(N)n3)C(=O)O)ccc2n1CCCN. The average molecular weight is 655 g/mol. The van der Waals surface area contributed by atoms with E-state index in [2.05, 4.69) is 14.4 Å². The van der Waals surface area contributed by atoms with Crippen LogP contribution in [0.3, 0.4) is 0 Å². The Labute approximate surface area is 255 Å². The lowest BCUT2D eigenvalue weighted by Gasteiger charge is -2.50. The fourth-order valence-electron chi connectivity index (χ4n) is 4.64. The van der Waals surface area contributed by atoms with Gasteiger partial charge in [0.25, 0.3) is 12.0 Å². The van der Waals surface area contributed by atoms with Gasteiger partial charge < -0.3 is 26.1 Å². The van der Waals surface area contributed by atoms with Gasteiger partial charge in [0, 0.05) is 11.8 Å². The molecule has 0 bridgehead atoms. The van der Waals surface area contributed by atoms with E-state index in [1.807, 2.05) is 28.7 Å². The van der Waals surface area contributed by atoms with Gasteiger partial charge >= 0.3 is 16.4 Å². The van der Waals surface area contributed by atoms with E-state index in [9.17, 15) is 27.9 Å². The zero-order valence-electron chi connectivity index (χ0n) is 23.9. The molecule has 4 rings (SSSR count). The molecule has 3 heterocycles. The number of carbonyl (C=O) groups excluding carboxylic acids is 2. The first kappa shape index (κ1) is 32.7. The quantitative estimate of drug-likeness (QED) is 0.0557. The minimum Gasteiger partial charge on any atom is -0.489 e. The molecule has 2 aromatic heterocycles. The molecule has 0 aliphatic carbocycles. The van der Waals surface area contributed by atoms with Crippen molar-refractivity contribution in [2.24, 2.45) is 23.9 Å². The van der Waals surface area contributed by atoms with Crippen LogP contribution in [0.1, 0.15) is 32.4 Å². The number of hydrogen-bond acceptors (Lipinski definition) is 13. The summed E-state index contributed by atoms with van der Waals surface area (Å²) in [6.07, 6.45) is 0.554. The van der Waals surface area contributed by atoms with Gasteiger partial charge in [-0.1, -0.05) is 5.16 Å². The Balaban J connectivity index is 1.49. The van der Waals surface area contributed by atoms with Crippen molar-refractivity contribution in [1.82, 2.24) is 14.7 Å². The number of oxime groups is 1.